The summed E-state index contributed by atoms with van der Waals surface area (Å²) >= 11 is 1.25. The molecule has 1 amide bonds. The van der Waals surface area contributed by atoms with Crippen molar-refractivity contribution in [2.75, 3.05) is 6.54 Å². The van der Waals surface area contributed by atoms with Crippen LogP contribution >= 0.6 is 11.3 Å². The van der Waals surface area contributed by atoms with Gasteiger partial charge in [0, 0.05) is 11.2 Å². The predicted octanol–water partition coefficient (Wildman–Crippen LogP) is 2.24. The van der Waals surface area contributed by atoms with Crippen molar-refractivity contribution in [1.29, 1.82) is 0 Å². The Morgan fingerprint density at radius 1 is 1.33 bits per heavy atom. The van der Waals surface area contributed by atoms with Crippen LogP contribution in [0.25, 0.3) is 10.1 Å². The summed E-state index contributed by atoms with van der Waals surface area (Å²) in [6.07, 6.45) is -0.120. The standard InChI is InChI=1S/C12H10FNO3S/c13-8-1-2-9-7(5-8)6-10(18-9)12(17)14-4-3-11(15)16/h1-2,5-6H,3-4H2,(H,14,17)(H,15,16). The Hall–Kier alpha value is -1.95. The third-order valence-corrected chi connectivity index (χ3v) is 3.44. The maximum atomic E-state index is 13.0. The SMILES string of the molecule is O=C(O)CCNC(=O)c1cc2cc(F)ccc2s1. The molecule has 0 spiro atoms. The van der Waals surface area contributed by atoms with E-state index >= 15 is 0 Å². The van der Waals surface area contributed by atoms with E-state index in [2.05, 4.69) is 5.32 Å². The molecule has 0 aliphatic carbocycles. The lowest BCUT2D eigenvalue weighted by atomic mass is 10.2. The molecule has 18 heavy (non-hydrogen) atoms. The second-order valence-corrected chi connectivity index (χ2v) is 4.78. The third kappa shape index (κ3) is 2.84. The molecule has 1 heterocycles. The highest BCUT2D eigenvalue weighted by Gasteiger charge is 2.10. The number of fused-ring (bicyclic) bond motifs is 1. The smallest absolute Gasteiger partial charge is 0.305 e. The molecular formula is C12H10FNO3S. The van der Waals surface area contributed by atoms with Crippen LogP contribution in [-0.4, -0.2) is 23.5 Å². The van der Waals surface area contributed by atoms with Gasteiger partial charge in [-0.15, -0.1) is 11.3 Å². The van der Waals surface area contributed by atoms with E-state index in [0.29, 0.717) is 10.3 Å². The lowest BCUT2D eigenvalue weighted by Crippen LogP contribution is -2.25. The summed E-state index contributed by atoms with van der Waals surface area (Å²) in [6.45, 7) is 0.0801. The van der Waals surface area contributed by atoms with Gasteiger partial charge in [-0.05, 0) is 29.7 Å². The Bertz CT molecular complexity index is 608. The molecule has 2 rings (SSSR count). The zero-order chi connectivity index (χ0) is 13.1. The topological polar surface area (TPSA) is 66.4 Å². The fourth-order valence-corrected chi connectivity index (χ4v) is 2.46. The van der Waals surface area contributed by atoms with Gasteiger partial charge in [0.15, 0.2) is 0 Å². The number of carbonyl (C=O) groups excluding carboxylic acids is 1. The fourth-order valence-electron chi connectivity index (χ4n) is 1.50. The molecule has 1 aromatic heterocycles. The largest absolute Gasteiger partial charge is 0.481 e. The van der Waals surface area contributed by atoms with Crippen LogP contribution in [0.4, 0.5) is 4.39 Å². The second kappa shape index (κ2) is 5.14. The number of hydrogen-bond donors (Lipinski definition) is 2. The lowest BCUT2D eigenvalue weighted by molar-refractivity contribution is -0.136. The molecular weight excluding hydrogens is 257 g/mol. The first-order chi connectivity index (χ1) is 8.56. The number of nitrogens with one attached hydrogen (secondary N) is 1. The molecule has 2 aromatic rings. The summed E-state index contributed by atoms with van der Waals surface area (Å²) in [7, 11) is 0. The van der Waals surface area contributed by atoms with Gasteiger partial charge in [-0.1, -0.05) is 0 Å². The summed E-state index contributed by atoms with van der Waals surface area (Å²) in [5, 5.41) is 11.6. The first-order valence-electron chi connectivity index (χ1n) is 5.25. The van der Waals surface area contributed by atoms with Crippen molar-refractivity contribution in [1.82, 2.24) is 5.32 Å². The molecule has 0 aliphatic rings. The van der Waals surface area contributed by atoms with E-state index in [4.69, 9.17) is 5.11 Å². The van der Waals surface area contributed by atoms with E-state index in [1.807, 2.05) is 0 Å². The number of aliphatic carboxylic acids is 1. The highest BCUT2D eigenvalue weighted by Crippen LogP contribution is 2.26. The Morgan fingerprint density at radius 2 is 2.11 bits per heavy atom. The molecule has 1 aromatic carbocycles. The van der Waals surface area contributed by atoms with Crippen molar-refractivity contribution in [2.45, 2.75) is 6.42 Å². The molecule has 0 radical (unpaired) electrons. The van der Waals surface area contributed by atoms with E-state index in [9.17, 15) is 14.0 Å². The van der Waals surface area contributed by atoms with E-state index in [1.54, 1.807) is 12.1 Å². The van der Waals surface area contributed by atoms with Crippen molar-refractivity contribution >= 4 is 33.3 Å². The van der Waals surface area contributed by atoms with E-state index < -0.39 is 5.97 Å². The van der Waals surface area contributed by atoms with Crippen LogP contribution in [-0.2, 0) is 4.79 Å². The van der Waals surface area contributed by atoms with E-state index in [0.717, 1.165) is 4.70 Å². The van der Waals surface area contributed by atoms with E-state index in [1.165, 1.54) is 23.5 Å². The quantitative estimate of drug-likeness (QED) is 0.892. The molecule has 0 fully saturated rings. The minimum Gasteiger partial charge on any atom is -0.481 e. The van der Waals surface area contributed by atoms with Gasteiger partial charge in [-0.3, -0.25) is 9.59 Å². The van der Waals surface area contributed by atoms with Gasteiger partial charge in [0.05, 0.1) is 11.3 Å². The zero-order valence-corrected chi connectivity index (χ0v) is 10.1. The van der Waals surface area contributed by atoms with Crippen LogP contribution in [0.3, 0.4) is 0 Å². The zero-order valence-electron chi connectivity index (χ0n) is 9.27. The highest BCUT2D eigenvalue weighted by molar-refractivity contribution is 7.20. The molecule has 0 bridgehead atoms. The summed E-state index contributed by atoms with van der Waals surface area (Å²) in [6, 6.07) is 5.91. The predicted molar refractivity (Wildman–Crippen MR) is 66.4 cm³/mol. The van der Waals surface area contributed by atoms with Gasteiger partial charge in [-0.25, -0.2) is 4.39 Å². The summed E-state index contributed by atoms with van der Waals surface area (Å²) < 4.78 is 13.8. The first-order valence-corrected chi connectivity index (χ1v) is 6.07. The van der Waals surface area contributed by atoms with Gasteiger partial charge in [-0.2, -0.15) is 0 Å². The second-order valence-electron chi connectivity index (χ2n) is 3.69. The molecule has 0 saturated heterocycles. The number of carbonyl (C=O) groups is 2. The average Bonchev–Trinajstić information content (AvgIpc) is 2.71. The van der Waals surface area contributed by atoms with Crippen LogP contribution in [0.1, 0.15) is 16.1 Å². The van der Waals surface area contributed by atoms with Crippen LogP contribution in [0, 0.1) is 5.82 Å². The highest BCUT2D eigenvalue weighted by atomic mass is 32.1. The number of thiophene rings is 1. The molecule has 94 valence electrons. The molecule has 0 aliphatic heterocycles. The molecule has 0 saturated carbocycles. The summed E-state index contributed by atoms with van der Waals surface area (Å²) in [5.41, 5.74) is 0. The van der Waals surface area contributed by atoms with Crippen molar-refractivity contribution in [3.05, 3.63) is 35.0 Å². The van der Waals surface area contributed by atoms with Gasteiger partial charge in [0.2, 0.25) is 0 Å². The third-order valence-electron chi connectivity index (χ3n) is 2.33. The van der Waals surface area contributed by atoms with Crippen molar-refractivity contribution < 1.29 is 19.1 Å². The molecule has 0 atom stereocenters. The number of hydrogen-bond acceptors (Lipinski definition) is 3. The molecule has 4 nitrogen and oxygen atoms in total. The number of halogens is 1. The molecule has 2 N–H and O–H groups in total. The monoisotopic (exact) mass is 267 g/mol. The van der Waals surface area contributed by atoms with Crippen molar-refractivity contribution in [3.63, 3.8) is 0 Å². The number of rotatable bonds is 4. The number of carboxylic acids is 1. The van der Waals surface area contributed by atoms with Gasteiger partial charge >= 0.3 is 5.97 Å². The Morgan fingerprint density at radius 3 is 2.83 bits per heavy atom. The minimum atomic E-state index is -0.964. The fraction of sp³-hybridized carbons (Fsp3) is 0.167. The average molecular weight is 267 g/mol. The van der Waals surface area contributed by atoms with Crippen LogP contribution in [0.5, 0.6) is 0 Å². The van der Waals surface area contributed by atoms with Gasteiger partial charge < -0.3 is 10.4 Å². The van der Waals surface area contributed by atoms with Crippen LogP contribution in [0.15, 0.2) is 24.3 Å². The number of carboxylic acid groups (broad SMARTS) is 1. The van der Waals surface area contributed by atoms with Gasteiger partial charge in [0.25, 0.3) is 5.91 Å². The Labute approximate surface area is 106 Å². The van der Waals surface area contributed by atoms with Crippen molar-refractivity contribution in [2.24, 2.45) is 0 Å². The summed E-state index contributed by atoms with van der Waals surface area (Å²) in [5.74, 6) is -1.65. The number of amides is 1. The van der Waals surface area contributed by atoms with Crippen molar-refractivity contribution in [3.8, 4) is 0 Å². The molecule has 6 heteroatoms. The molecule has 0 unspecified atom stereocenters. The Balaban J connectivity index is 2.10. The maximum Gasteiger partial charge on any atom is 0.305 e. The Kier molecular flexibility index (Phi) is 3.57. The maximum absolute atomic E-state index is 13.0. The normalized spacial score (nSPS) is 10.5. The van der Waals surface area contributed by atoms with Crippen LogP contribution < -0.4 is 5.32 Å². The first kappa shape index (κ1) is 12.5. The van der Waals surface area contributed by atoms with E-state index in [-0.39, 0.29) is 24.7 Å². The van der Waals surface area contributed by atoms with Crippen LogP contribution in [0.2, 0.25) is 0 Å². The lowest BCUT2D eigenvalue weighted by Gasteiger charge is -1.99. The summed E-state index contributed by atoms with van der Waals surface area (Å²) in [4.78, 5) is 22.4. The van der Waals surface area contributed by atoms with Gasteiger partial charge in [0.1, 0.15) is 5.82 Å². The number of benzene rings is 1. The minimum absolute atomic E-state index is 0.0801.